The van der Waals surface area contributed by atoms with E-state index in [0.29, 0.717) is 18.9 Å². The van der Waals surface area contributed by atoms with Gasteiger partial charge < -0.3 is 4.57 Å². The number of carbonyl (C=O) groups is 1. The molecule has 1 aromatic rings. The molecule has 1 aliphatic heterocycles. The van der Waals surface area contributed by atoms with Crippen LogP contribution in [0.5, 0.6) is 0 Å². The van der Waals surface area contributed by atoms with Crippen LogP contribution in [0, 0.1) is 0 Å². The maximum absolute atomic E-state index is 11.4. The van der Waals surface area contributed by atoms with Crippen molar-refractivity contribution >= 4 is 17.4 Å². The molecule has 1 fully saturated rings. The molecule has 0 bridgehead atoms. The monoisotopic (exact) mass is 238 g/mol. The first-order chi connectivity index (χ1) is 7.75. The number of carbonyl (C=O) groups excluding carboxylic acids is 1. The number of rotatable bonds is 1. The van der Waals surface area contributed by atoms with Gasteiger partial charge in [0.15, 0.2) is 5.78 Å². The second kappa shape index (κ2) is 3.88. The summed E-state index contributed by atoms with van der Waals surface area (Å²) >= 11 is 6.34. The molecular formula is C12H15ClN2O. The molecule has 0 radical (unpaired) electrons. The number of aryl methyl sites for hydroxylation is 1. The van der Waals surface area contributed by atoms with E-state index in [9.17, 15) is 4.79 Å². The summed E-state index contributed by atoms with van der Waals surface area (Å²) in [6, 6.07) is 0. The maximum atomic E-state index is 11.4. The van der Waals surface area contributed by atoms with E-state index < -0.39 is 0 Å². The molecule has 1 saturated carbocycles. The summed E-state index contributed by atoms with van der Waals surface area (Å²) in [5, 5.41) is 0.718. The summed E-state index contributed by atoms with van der Waals surface area (Å²) in [5.74, 6) is 1.80. The smallest absolute Gasteiger partial charge is 0.153 e. The number of halogens is 1. The topological polar surface area (TPSA) is 34.9 Å². The van der Waals surface area contributed by atoms with E-state index in [1.54, 1.807) is 0 Å². The van der Waals surface area contributed by atoms with E-state index in [-0.39, 0.29) is 5.78 Å². The minimum Gasteiger partial charge on any atom is -0.311 e. The van der Waals surface area contributed by atoms with E-state index in [0.717, 1.165) is 23.1 Å². The van der Waals surface area contributed by atoms with Gasteiger partial charge in [-0.3, -0.25) is 4.79 Å². The van der Waals surface area contributed by atoms with Crippen molar-refractivity contribution in [2.24, 2.45) is 0 Å². The largest absolute Gasteiger partial charge is 0.311 e. The van der Waals surface area contributed by atoms with Gasteiger partial charge in [0.2, 0.25) is 0 Å². The first kappa shape index (κ1) is 10.3. The van der Waals surface area contributed by atoms with Crippen LogP contribution in [0.15, 0.2) is 0 Å². The van der Waals surface area contributed by atoms with Gasteiger partial charge in [-0.25, -0.2) is 4.98 Å². The number of nitrogens with zero attached hydrogens (tertiary/aromatic N) is 2. The van der Waals surface area contributed by atoms with Crippen LogP contribution in [0.3, 0.4) is 0 Å². The number of Topliss-reactive ketones (excluding diaryl/α,β-unsaturated/α-hetero) is 1. The summed E-state index contributed by atoms with van der Waals surface area (Å²) < 4.78 is 1.90. The quantitative estimate of drug-likeness (QED) is 0.754. The average Bonchev–Trinajstić information content (AvgIpc) is 2.87. The molecule has 0 aromatic carbocycles. The van der Waals surface area contributed by atoms with Crippen molar-refractivity contribution in [3.63, 3.8) is 0 Å². The molecule has 0 spiro atoms. The zero-order valence-electron chi connectivity index (χ0n) is 9.21. The lowest BCUT2D eigenvalue weighted by atomic mass is 10.1. The van der Waals surface area contributed by atoms with Gasteiger partial charge in [0, 0.05) is 18.8 Å². The second-order valence-electron chi connectivity index (χ2n) is 4.81. The number of hydrogen-bond donors (Lipinski definition) is 0. The van der Waals surface area contributed by atoms with Crippen LogP contribution < -0.4 is 0 Å². The molecule has 16 heavy (non-hydrogen) atoms. The Bertz CT molecular complexity index is 432. The molecular weight excluding hydrogens is 224 g/mol. The number of aromatic nitrogens is 2. The van der Waals surface area contributed by atoms with Crippen molar-refractivity contribution in [3.8, 4) is 0 Å². The molecule has 0 amide bonds. The standard InChI is InChI=1S/C12H15ClN2O/c13-12-11(8-3-1-2-4-8)14-10-6-5-9(16)7-15(10)12/h8H,1-7H2. The van der Waals surface area contributed by atoms with Gasteiger partial charge in [0.1, 0.15) is 11.0 Å². The Morgan fingerprint density at radius 3 is 2.75 bits per heavy atom. The zero-order chi connectivity index (χ0) is 11.1. The Hall–Kier alpha value is -0.830. The number of imidazole rings is 1. The zero-order valence-corrected chi connectivity index (χ0v) is 9.96. The van der Waals surface area contributed by atoms with Crippen molar-refractivity contribution in [3.05, 3.63) is 16.7 Å². The predicted octanol–water partition coefficient (Wildman–Crippen LogP) is 2.71. The third-order valence-electron chi connectivity index (χ3n) is 3.71. The Balaban J connectivity index is 1.98. The Morgan fingerprint density at radius 1 is 1.25 bits per heavy atom. The lowest BCUT2D eigenvalue weighted by Crippen LogP contribution is -2.19. The summed E-state index contributed by atoms with van der Waals surface area (Å²) in [6.45, 7) is 0.424. The molecule has 2 heterocycles. The first-order valence-corrected chi connectivity index (χ1v) is 6.40. The van der Waals surface area contributed by atoms with Gasteiger partial charge >= 0.3 is 0 Å². The van der Waals surface area contributed by atoms with Crippen molar-refractivity contribution < 1.29 is 4.79 Å². The molecule has 2 aliphatic rings. The van der Waals surface area contributed by atoms with E-state index >= 15 is 0 Å². The van der Waals surface area contributed by atoms with Crippen molar-refractivity contribution in [2.75, 3.05) is 0 Å². The molecule has 0 atom stereocenters. The van der Waals surface area contributed by atoms with Crippen LogP contribution in [0.1, 0.15) is 49.5 Å². The molecule has 1 aromatic heterocycles. The fraction of sp³-hybridized carbons (Fsp3) is 0.667. The van der Waals surface area contributed by atoms with Crippen LogP contribution in [-0.4, -0.2) is 15.3 Å². The number of hydrogen-bond acceptors (Lipinski definition) is 2. The third-order valence-corrected chi connectivity index (χ3v) is 4.11. The fourth-order valence-electron chi connectivity index (χ4n) is 2.81. The Kier molecular flexibility index (Phi) is 2.51. The first-order valence-electron chi connectivity index (χ1n) is 6.02. The second-order valence-corrected chi connectivity index (χ2v) is 5.17. The van der Waals surface area contributed by atoms with Crippen LogP contribution in [0.4, 0.5) is 0 Å². The van der Waals surface area contributed by atoms with Crippen molar-refractivity contribution in [1.29, 1.82) is 0 Å². The van der Waals surface area contributed by atoms with E-state index in [1.165, 1.54) is 25.7 Å². The highest BCUT2D eigenvalue weighted by atomic mass is 35.5. The highest BCUT2D eigenvalue weighted by molar-refractivity contribution is 6.30. The highest BCUT2D eigenvalue weighted by Gasteiger charge is 2.28. The molecule has 86 valence electrons. The van der Waals surface area contributed by atoms with Crippen molar-refractivity contribution in [1.82, 2.24) is 9.55 Å². The molecule has 3 rings (SSSR count). The minimum atomic E-state index is 0.268. The van der Waals surface area contributed by atoms with Crippen LogP contribution in [0.2, 0.25) is 5.15 Å². The minimum absolute atomic E-state index is 0.268. The van der Waals surface area contributed by atoms with Crippen LogP contribution in [-0.2, 0) is 17.8 Å². The van der Waals surface area contributed by atoms with E-state index in [1.807, 2.05) is 4.57 Å². The van der Waals surface area contributed by atoms with Crippen molar-refractivity contribution in [2.45, 2.75) is 51.0 Å². The van der Waals surface area contributed by atoms with Crippen LogP contribution in [0.25, 0.3) is 0 Å². The normalized spacial score (nSPS) is 21.4. The summed E-state index contributed by atoms with van der Waals surface area (Å²) in [4.78, 5) is 16.0. The third kappa shape index (κ3) is 1.58. The van der Waals surface area contributed by atoms with Gasteiger partial charge in [-0.15, -0.1) is 0 Å². The highest BCUT2D eigenvalue weighted by Crippen LogP contribution is 2.38. The summed E-state index contributed by atoms with van der Waals surface area (Å²) in [5.41, 5.74) is 1.05. The molecule has 3 nitrogen and oxygen atoms in total. The van der Waals surface area contributed by atoms with Crippen LogP contribution >= 0.6 is 11.6 Å². The SMILES string of the molecule is O=C1CCc2nc(C3CCCC3)c(Cl)n2C1. The molecule has 0 saturated heterocycles. The number of fused-ring (bicyclic) bond motifs is 1. The number of ketones is 1. The molecule has 0 unspecified atom stereocenters. The molecule has 1 aliphatic carbocycles. The van der Waals surface area contributed by atoms with Gasteiger partial charge in [-0.2, -0.15) is 0 Å². The molecule has 4 heteroatoms. The van der Waals surface area contributed by atoms with Gasteiger partial charge in [0.05, 0.1) is 12.2 Å². The van der Waals surface area contributed by atoms with Gasteiger partial charge in [0.25, 0.3) is 0 Å². The Morgan fingerprint density at radius 2 is 2.00 bits per heavy atom. The summed E-state index contributed by atoms with van der Waals surface area (Å²) in [6.07, 6.45) is 6.33. The maximum Gasteiger partial charge on any atom is 0.153 e. The molecule has 0 N–H and O–H groups in total. The fourth-order valence-corrected chi connectivity index (χ4v) is 3.17. The van der Waals surface area contributed by atoms with Gasteiger partial charge in [-0.05, 0) is 12.8 Å². The van der Waals surface area contributed by atoms with E-state index in [4.69, 9.17) is 11.6 Å². The summed E-state index contributed by atoms with van der Waals surface area (Å²) in [7, 11) is 0. The lowest BCUT2D eigenvalue weighted by Gasteiger charge is -2.13. The lowest BCUT2D eigenvalue weighted by molar-refractivity contribution is -0.120. The Labute approximate surface area is 99.8 Å². The van der Waals surface area contributed by atoms with E-state index in [2.05, 4.69) is 4.98 Å². The predicted molar refractivity (Wildman–Crippen MR) is 61.8 cm³/mol. The average molecular weight is 239 g/mol. The van der Waals surface area contributed by atoms with Gasteiger partial charge in [-0.1, -0.05) is 24.4 Å².